The van der Waals surface area contributed by atoms with Crippen molar-refractivity contribution in [3.63, 3.8) is 0 Å². The number of nitrogens with one attached hydrogen (secondary N) is 2. The minimum atomic E-state index is -0.260. The van der Waals surface area contributed by atoms with Gasteiger partial charge >= 0.3 is 0 Å². The van der Waals surface area contributed by atoms with Crippen LogP contribution in [0.1, 0.15) is 75.2 Å². The van der Waals surface area contributed by atoms with Crippen LogP contribution in [0, 0.1) is 5.92 Å². The molecule has 2 aliphatic heterocycles. The highest BCUT2D eigenvalue weighted by Gasteiger charge is 2.29. The van der Waals surface area contributed by atoms with Crippen molar-refractivity contribution in [1.82, 2.24) is 15.5 Å². The summed E-state index contributed by atoms with van der Waals surface area (Å²) in [5.74, 6) is 0.0358. The summed E-state index contributed by atoms with van der Waals surface area (Å²) in [6.07, 6.45) is 2.14. The van der Waals surface area contributed by atoms with Gasteiger partial charge in [0.15, 0.2) is 0 Å². The Morgan fingerprint density at radius 2 is 1.71 bits per heavy atom. The first-order valence-corrected chi connectivity index (χ1v) is 10.5. The first-order chi connectivity index (χ1) is 13.1. The Morgan fingerprint density at radius 1 is 1.18 bits per heavy atom. The third-order valence-electron chi connectivity index (χ3n) is 3.91. The van der Waals surface area contributed by atoms with Crippen molar-refractivity contribution in [2.75, 3.05) is 33.3 Å². The van der Waals surface area contributed by atoms with E-state index in [1.165, 1.54) is 0 Å². The SMILES string of the molecule is C.CC.CC.CC.CO.C[C@@H]1CCN(CC(=O)NCCC2CC(O)CN2)C1=O. The van der Waals surface area contributed by atoms with E-state index in [2.05, 4.69) is 10.6 Å². The number of aliphatic hydroxyl groups is 2. The van der Waals surface area contributed by atoms with E-state index in [0.717, 1.165) is 26.4 Å². The second kappa shape index (κ2) is 23.9. The fourth-order valence-electron chi connectivity index (χ4n) is 2.68. The van der Waals surface area contributed by atoms with Crippen molar-refractivity contribution in [2.24, 2.45) is 5.92 Å². The molecular formula is C21H49N3O4. The molecule has 3 atom stereocenters. The molecule has 2 heterocycles. The zero-order chi connectivity index (χ0) is 21.8. The Hall–Kier alpha value is -1.18. The molecule has 7 heteroatoms. The fourth-order valence-corrected chi connectivity index (χ4v) is 2.68. The summed E-state index contributed by atoms with van der Waals surface area (Å²) in [6, 6.07) is 0.281. The predicted molar refractivity (Wildman–Crippen MR) is 119 cm³/mol. The van der Waals surface area contributed by atoms with Crippen LogP contribution in [0.15, 0.2) is 0 Å². The molecular weight excluding hydrogens is 358 g/mol. The number of β-amino-alcohol motifs (C(OH)–C–C–N with tert-alkyl or cyclic N) is 1. The smallest absolute Gasteiger partial charge is 0.239 e. The summed E-state index contributed by atoms with van der Waals surface area (Å²) in [7, 11) is 1.00. The van der Waals surface area contributed by atoms with Crippen molar-refractivity contribution in [2.45, 2.75) is 87.3 Å². The van der Waals surface area contributed by atoms with Gasteiger partial charge in [-0.1, -0.05) is 55.9 Å². The number of rotatable bonds is 5. The minimum Gasteiger partial charge on any atom is -0.400 e. The molecule has 2 saturated heterocycles. The molecule has 0 aromatic carbocycles. The lowest BCUT2D eigenvalue weighted by atomic mass is 10.1. The Kier molecular flexibility index (Phi) is 29.3. The summed E-state index contributed by atoms with van der Waals surface area (Å²) in [4.78, 5) is 25.0. The molecule has 0 spiro atoms. The van der Waals surface area contributed by atoms with Gasteiger partial charge in [0.25, 0.3) is 0 Å². The van der Waals surface area contributed by atoms with Crippen molar-refractivity contribution < 1.29 is 19.8 Å². The predicted octanol–water partition coefficient (Wildman–Crippen LogP) is 2.41. The third-order valence-corrected chi connectivity index (χ3v) is 3.91. The molecule has 172 valence electrons. The molecule has 2 amide bonds. The van der Waals surface area contributed by atoms with Gasteiger partial charge in [-0.05, 0) is 19.3 Å². The van der Waals surface area contributed by atoms with Crippen molar-refractivity contribution in [1.29, 1.82) is 0 Å². The first-order valence-electron chi connectivity index (χ1n) is 10.5. The zero-order valence-electron chi connectivity index (χ0n) is 18.8. The molecule has 2 rings (SSSR count). The van der Waals surface area contributed by atoms with Crippen LogP contribution in [0.25, 0.3) is 0 Å². The van der Waals surface area contributed by atoms with Gasteiger partial charge < -0.3 is 25.7 Å². The van der Waals surface area contributed by atoms with Crippen LogP contribution in [0.2, 0.25) is 0 Å². The van der Waals surface area contributed by atoms with Gasteiger partial charge in [-0.25, -0.2) is 0 Å². The van der Waals surface area contributed by atoms with Gasteiger partial charge in [-0.15, -0.1) is 0 Å². The standard InChI is InChI=1S/C13H23N3O3.3C2H6.CH4O.CH4/c1-9-3-5-16(13(9)19)8-12(18)14-4-2-10-6-11(17)7-15-10;4*1-2;/h9-11,15,17H,2-8H2,1H3,(H,14,18);3*1-2H3;2H,1H3;1H4/t9-,10?,11?;;;;;/m1...../s1. The van der Waals surface area contributed by atoms with Crippen molar-refractivity contribution in [3.8, 4) is 0 Å². The topological polar surface area (TPSA) is 102 Å². The number of amides is 2. The normalized spacial score (nSPS) is 21.9. The highest BCUT2D eigenvalue weighted by molar-refractivity contribution is 5.86. The van der Waals surface area contributed by atoms with Crippen LogP contribution in [-0.2, 0) is 9.59 Å². The van der Waals surface area contributed by atoms with Crippen LogP contribution in [0.5, 0.6) is 0 Å². The van der Waals surface area contributed by atoms with Crippen LogP contribution in [0.4, 0.5) is 0 Å². The Bertz CT molecular complexity index is 355. The number of hydrogen-bond acceptors (Lipinski definition) is 5. The minimum absolute atomic E-state index is 0. The second-order valence-electron chi connectivity index (χ2n) is 5.58. The average Bonchev–Trinajstić information content (AvgIpc) is 3.28. The number of aliphatic hydroxyl groups excluding tert-OH is 2. The monoisotopic (exact) mass is 407 g/mol. The lowest BCUT2D eigenvalue weighted by Crippen LogP contribution is -2.39. The highest BCUT2D eigenvalue weighted by atomic mass is 16.3. The van der Waals surface area contributed by atoms with Gasteiger partial charge in [0, 0.05) is 38.7 Å². The number of nitrogens with zero attached hydrogens (tertiary/aromatic N) is 1. The summed E-state index contributed by atoms with van der Waals surface area (Å²) < 4.78 is 0. The number of carbonyl (C=O) groups excluding carboxylic acids is 2. The Morgan fingerprint density at radius 3 is 2.11 bits per heavy atom. The second-order valence-corrected chi connectivity index (χ2v) is 5.58. The van der Waals surface area contributed by atoms with E-state index < -0.39 is 0 Å². The van der Waals surface area contributed by atoms with Gasteiger partial charge in [-0.3, -0.25) is 9.59 Å². The van der Waals surface area contributed by atoms with Crippen molar-refractivity contribution >= 4 is 11.8 Å². The fraction of sp³-hybridized carbons (Fsp3) is 0.905. The van der Waals surface area contributed by atoms with Gasteiger partial charge in [0.2, 0.25) is 11.8 Å². The average molecular weight is 408 g/mol. The van der Waals surface area contributed by atoms with E-state index in [9.17, 15) is 14.7 Å². The lowest BCUT2D eigenvalue weighted by molar-refractivity contribution is -0.135. The molecule has 0 saturated carbocycles. The van der Waals surface area contributed by atoms with Gasteiger partial charge in [0.05, 0.1) is 12.6 Å². The van der Waals surface area contributed by atoms with Crippen LogP contribution >= 0.6 is 0 Å². The largest absolute Gasteiger partial charge is 0.400 e. The van der Waals surface area contributed by atoms with E-state index in [4.69, 9.17) is 5.11 Å². The molecule has 0 radical (unpaired) electrons. The Balaban J connectivity index is -0.000000285. The molecule has 0 aromatic rings. The summed E-state index contributed by atoms with van der Waals surface area (Å²) in [5.41, 5.74) is 0. The molecule has 0 aliphatic carbocycles. The molecule has 7 nitrogen and oxygen atoms in total. The maximum Gasteiger partial charge on any atom is 0.239 e. The van der Waals surface area contributed by atoms with Crippen LogP contribution < -0.4 is 10.6 Å². The molecule has 2 fully saturated rings. The summed E-state index contributed by atoms with van der Waals surface area (Å²) in [6.45, 7) is 16.0. The lowest BCUT2D eigenvalue weighted by Gasteiger charge is -2.16. The summed E-state index contributed by atoms with van der Waals surface area (Å²) >= 11 is 0. The van der Waals surface area contributed by atoms with E-state index in [1.54, 1.807) is 4.90 Å². The van der Waals surface area contributed by atoms with E-state index in [1.807, 2.05) is 48.5 Å². The highest BCUT2D eigenvalue weighted by Crippen LogP contribution is 2.16. The van der Waals surface area contributed by atoms with E-state index in [-0.39, 0.29) is 43.8 Å². The van der Waals surface area contributed by atoms with Crippen molar-refractivity contribution in [3.05, 3.63) is 0 Å². The molecule has 0 bridgehead atoms. The van der Waals surface area contributed by atoms with Gasteiger partial charge in [0.1, 0.15) is 0 Å². The number of hydrogen-bond donors (Lipinski definition) is 4. The molecule has 2 unspecified atom stereocenters. The van der Waals surface area contributed by atoms with Gasteiger partial charge in [-0.2, -0.15) is 0 Å². The van der Waals surface area contributed by atoms with E-state index >= 15 is 0 Å². The number of likely N-dealkylation sites (tertiary alicyclic amines) is 1. The molecule has 0 aromatic heterocycles. The third kappa shape index (κ3) is 14.8. The number of carbonyl (C=O) groups is 2. The van der Waals surface area contributed by atoms with E-state index in [0.29, 0.717) is 19.6 Å². The zero-order valence-corrected chi connectivity index (χ0v) is 18.8. The van der Waals surface area contributed by atoms with Crippen LogP contribution in [-0.4, -0.2) is 72.4 Å². The molecule has 28 heavy (non-hydrogen) atoms. The maximum absolute atomic E-state index is 11.7. The molecule has 2 aliphatic rings. The summed E-state index contributed by atoms with van der Waals surface area (Å²) in [5, 5.41) is 22.4. The Labute approximate surface area is 174 Å². The maximum atomic E-state index is 11.7. The van der Waals surface area contributed by atoms with Crippen LogP contribution in [0.3, 0.4) is 0 Å². The first kappa shape index (κ1) is 34.3. The molecule has 4 N–H and O–H groups in total. The quantitative estimate of drug-likeness (QED) is 0.560.